The van der Waals surface area contributed by atoms with Crippen molar-refractivity contribution in [1.82, 2.24) is 0 Å². The third-order valence-electron chi connectivity index (χ3n) is 5.61. The predicted molar refractivity (Wildman–Crippen MR) is 123 cm³/mol. The monoisotopic (exact) mass is 416 g/mol. The van der Waals surface area contributed by atoms with Crippen molar-refractivity contribution in [3.63, 3.8) is 0 Å². The number of phenols is 1. The summed E-state index contributed by atoms with van der Waals surface area (Å²) in [6, 6.07) is 10.5. The summed E-state index contributed by atoms with van der Waals surface area (Å²) in [7, 11) is 0. The van der Waals surface area contributed by atoms with Gasteiger partial charge in [-0.25, -0.2) is 4.79 Å². The van der Waals surface area contributed by atoms with Crippen LogP contribution in [-0.2, 0) is 4.79 Å². The number of hydrogen-bond donors (Lipinski definition) is 2. The molecule has 0 fully saturated rings. The summed E-state index contributed by atoms with van der Waals surface area (Å²) in [5.41, 5.74) is 5.41. The topological polar surface area (TPSA) is 74.6 Å². The fourth-order valence-electron chi connectivity index (χ4n) is 3.94. The van der Waals surface area contributed by atoms with E-state index in [2.05, 4.69) is 0 Å². The number of ketones is 1. The van der Waals surface area contributed by atoms with Crippen molar-refractivity contribution in [2.75, 3.05) is 0 Å². The lowest BCUT2D eigenvalue weighted by atomic mass is 9.82. The van der Waals surface area contributed by atoms with Gasteiger partial charge >= 0.3 is 5.97 Å². The van der Waals surface area contributed by atoms with Crippen LogP contribution in [0, 0.1) is 12.8 Å². The van der Waals surface area contributed by atoms with Crippen LogP contribution in [0.15, 0.2) is 65.8 Å². The van der Waals surface area contributed by atoms with Gasteiger partial charge in [0.25, 0.3) is 0 Å². The molecule has 1 aliphatic rings. The molecule has 4 heteroatoms. The van der Waals surface area contributed by atoms with Crippen molar-refractivity contribution in [1.29, 1.82) is 0 Å². The minimum Gasteiger partial charge on any atom is -0.508 e. The molecular formula is C27H28O4. The molecule has 0 saturated carbocycles. The summed E-state index contributed by atoms with van der Waals surface area (Å²) < 4.78 is 0. The van der Waals surface area contributed by atoms with Crippen LogP contribution in [-0.4, -0.2) is 22.0 Å². The Balaban J connectivity index is 2.44. The summed E-state index contributed by atoms with van der Waals surface area (Å²) in [5, 5.41) is 20.3. The molecule has 0 atom stereocenters. The fourth-order valence-corrected chi connectivity index (χ4v) is 3.94. The Morgan fingerprint density at radius 3 is 2.13 bits per heavy atom. The van der Waals surface area contributed by atoms with Crippen molar-refractivity contribution in [3.05, 3.63) is 93.6 Å². The van der Waals surface area contributed by atoms with Gasteiger partial charge in [-0.1, -0.05) is 52.0 Å². The Bertz CT molecular complexity index is 1140. The average Bonchev–Trinajstić information content (AvgIpc) is 2.70. The number of allylic oxidation sites excluding steroid dienone is 5. The molecule has 0 radical (unpaired) electrons. The summed E-state index contributed by atoms with van der Waals surface area (Å²) >= 11 is 0. The summed E-state index contributed by atoms with van der Waals surface area (Å²) in [4.78, 5) is 24.4. The van der Waals surface area contributed by atoms with E-state index in [0.717, 1.165) is 27.8 Å². The van der Waals surface area contributed by atoms with Gasteiger partial charge in [0.2, 0.25) is 0 Å². The molecule has 0 aliphatic heterocycles. The lowest BCUT2D eigenvalue weighted by Gasteiger charge is -2.21. The third-order valence-corrected chi connectivity index (χ3v) is 5.61. The zero-order valence-corrected chi connectivity index (χ0v) is 18.6. The average molecular weight is 417 g/mol. The van der Waals surface area contributed by atoms with Crippen molar-refractivity contribution in [3.8, 4) is 5.75 Å². The Morgan fingerprint density at radius 2 is 1.55 bits per heavy atom. The van der Waals surface area contributed by atoms with Crippen LogP contribution in [0.4, 0.5) is 0 Å². The fraction of sp³-hybridized carbons (Fsp3) is 0.259. The van der Waals surface area contributed by atoms with Crippen LogP contribution in [0.25, 0.3) is 5.57 Å². The zero-order valence-electron chi connectivity index (χ0n) is 18.6. The lowest BCUT2D eigenvalue weighted by Crippen LogP contribution is -2.11. The van der Waals surface area contributed by atoms with Crippen molar-refractivity contribution in [2.24, 2.45) is 5.92 Å². The van der Waals surface area contributed by atoms with Crippen LogP contribution in [0.3, 0.4) is 0 Å². The molecule has 160 valence electrons. The minimum atomic E-state index is -1.02. The molecule has 0 bridgehead atoms. The third kappa shape index (κ3) is 4.38. The van der Waals surface area contributed by atoms with E-state index in [0.29, 0.717) is 11.1 Å². The highest BCUT2D eigenvalue weighted by Gasteiger charge is 2.23. The Labute approximate surface area is 183 Å². The first-order valence-corrected chi connectivity index (χ1v) is 10.5. The van der Waals surface area contributed by atoms with Crippen LogP contribution < -0.4 is 0 Å². The first-order chi connectivity index (χ1) is 14.6. The van der Waals surface area contributed by atoms with E-state index in [4.69, 9.17) is 0 Å². The highest BCUT2D eigenvalue weighted by Crippen LogP contribution is 2.38. The molecule has 0 saturated heterocycles. The first kappa shape index (κ1) is 22.3. The largest absolute Gasteiger partial charge is 0.508 e. The van der Waals surface area contributed by atoms with E-state index >= 15 is 0 Å². The van der Waals surface area contributed by atoms with E-state index in [1.54, 1.807) is 36.4 Å². The van der Waals surface area contributed by atoms with Crippen molar-refractivity contribution in [2.45, 2.75) is 40.5 Å². The number of phenolic OH excluding ortho intramolecular Hbond substituents is 1. The zero-order chi connectivity index (χ0) is 22.9. The molecule has 1 aliphatic carbocycles. The standard InChI is InChI=1S/C27H28O4/c1-15(2)21-13-18(10-11-24(21)28)26(19-8-6-7-9-20(19)27(30)31)23-14-22(16(3)4)25(29)12-17(23)5/h6-16,29H,1-5H3,(H,30,31)/b26-18-. The molecule has 0 heterocycles. The van der Waals surface area contributed by atoms with E-state index in [-0.39, 0.29) is 28.9 Å². The Kier molecular flexibility index (Phi) is 6.30. The molecule has 3 rings (SSSR count). The first-order valence-electron chi connectivity index (χ1n) is 10.5. The number of carbonyl (C=O) groups is 2. The van der Waals surface area contributed by atoms with Gasteiger partial charge in [0.15, 0.2) is 5.78 Å². The van der Waals surface area contributed by atoms with Crippen LogP contribution in [0.2, 0.25) is 0 Å². The van der Waals surface area contributed by atoms with Gasteiger partial charge in [0.05, 0.1) is 5.56 Å². The van der Waals surface area contributed by atoms with E-state index in [1.807, 2.05) is 52.8 Å². The van der Waals surface area contributed by atoms with Gasteiger partial charge in [-0.05, 0) is 82.5 Å². The van der Waals surface area contributed by atoms with Gasteiger partial charge in [-0.15, -0.1) is 0 Å². The predicted octanol–water partition coefficient (Wildman–Crippen LogP) is 6.05. The molecule has 0 aromatic heterocycles. The number of carbonyl (C=O) groups excluding carboxylic acids is 1. The number of benzene rings is 2. The second kappa shape index (κ2) is 8.76. The molecule has 31 heavy (non-hydrogen) atoms. The van der Waals surface area contributed by atoms with Gasteiger partial charge in [-0.3, -0.25) is 4.79 Å². The number of carboxylic acids is 1. The van der Waals surface area contributed by atoms with E-state index < -0.39 is 5.97 Å². The molecular weight excluding hydrogens is 388 g/mol. The van der Waals surface area contributed by atoms with Crippen LogP contribution in [0.1, 0.15) is 66.2 Å². The van der Waals surface area contributed by atoms with Gasteiger partial charge in [0, 0.05) is 5.57 Å². The Hall–Kier alpha value is -3.40. The second-order valence-electron chi connectivity index (χ2n) is 8.51. The maximum absolute atomic E-state index is 12.4. The van der Waals surface area contributed by atoms with Crippen molar-refractivity contribution >= 4 is 17.3 Å². The number of aromatic hydroxyl groups is 1. The lowest BCUT2D eigenvalue weighted by molar-refractivity contribution is -0.111. The van der Waals surface area contributed by atoms with Crippen LogP contribution in [0.5, 0.6) is 5.75 Å². The highest BCUT2D eigenvalue weighted by molar-refractivity contribution is 6.08. The molecule has 0 unspecified atom stereocenters. The smallest absolute Gasteiger partial charge is 0.336 e. The minimum absolute atomic E-state index is 0.0325. The second-order valence-corrected chi connectivity index (χ2v) is 8.51. The molecule has 0 spiro atoms. The maximum Gasteiger partial charge on any atom is 0.336 e. The summed E-state index contributed by atoms with van der Waals surface area (Å²) in [5.74, 6) is -0.700. The molecule has 0 amide bonds. The number of aromatic carboxylic acids is 1. The highest BCUT2D eigenvalue weighted by atomic mass is 16.4. The van der Waals surface area contributed by atoms with Crippen LogP contribution >= 0.6 is 0 Å². The quantitative estimate of drug-likeness (QED) is 0.623. The van der Waals surface area contributed by atoms with Crippen molar-refractivity contribution < 1.29 is 19.8 Å². The Morgan fingerprint density at radius 1 is 0.903 bits per heavy atom. The number of rotatable bonds is 5. The normalized spacial score (nSPS) is 15.5. The molecule has 2 aromatic carbocycles. The maximum atomic E-state index is 12.4. The van der Waals surface area contributed by atoms with Gasteiger partial charge in [0.1, 0.15) is 5.75 Å². The number of hydrogen-bond acceptors (Lipinski definition) is 3. The van der Waals surface area contributed by atoms with E-state index in [1.165, 1.54) is 0 Å². The summed E-state index contributed by atoms with van der Waals surface area (Å²) in [6.45, 7) is 9.83. The molecule has 4 nitrogen and oxygen atoms in total. The van der Waals surface area contributed by atoms with Gasteiger partial charge in [-0.2, -0.15) is 0 Å². The molecule has 2 N–H and O–H groups in total. The van der Waals surface area contributed by atoms with Gasteiger partial charge < -0.3 is 10.2 Å². The van der Waals surface area contributed by atoms with E-state index in [9.17, 15) is 19.8 Å². The molecule has 2 aromatic rings. The number of carboxylic acid groups (broad SMARTS) is 1. The summed E-state index contributed by atoms with van der Waals surface area (Å²) in [6.07, 6.45) is 5.17. The number of aryl methyl sites for hydroxylation is 1. The SMILES string of the molecule is Cc1cc(O)c(C(C)C)cc1/C(=C1/C=CC(=O)C(C(C)C)=C1)c1ccccc1C(=O)O.